The number of nitriles is 1. The Kier molecular flexibility index (Phi) is 8.25. The fourth-order valence-electron chi connectivity index (χ4n) is 3.40. The molecule has 0 aliphatic heterocycles. The standard InChI is InChI=1S/C27H26N2O4S/c1-17(11-24(18(2)30)20-6-4-5-19(12-20)15-28)33-25-13-22(26-10-9-23(16-29)34-26)8-7-21(25)14-27(31)32-3/h4-13,30H,14-15,28H2,1-3H3/b17-11+,24-18-. The fourth-order valence-corrected chi connectivity index (χ4v) is 4.20. The van der Waals surface area contributed by atoms with Gasteiger partial charge in [-0.25, -0.2) is 0 Å². The maximum absolute atomic E-state index is 12.0. The molecule has 0 spiro atoms. The summed E-state index contributed by atoms with van der Waals surface area (Å²) >= 11 is 1.38. The largest absolute Gasteiger partial charge is 0.512 e. The molecule has 0 aliphatic carbocycles. The molecule has 0 fully saturated rings. The molecule has 2 aromatic carbocycles. The lowest BCUT2D eigenvalue weighted by atomic mass is 10.0. The van der Waals surface area contributed by atoms with Gasteiger partial charge in [0.15, 0.2) is 0 Å². The molecule has 0 aliphatic rings. The smallest absolute Gasteiger partial charge is 0.310 e. The number of nitrogens with two attached hydrogens (primary N) is 1. The summed E-state index contributed by atoms with van der Waals surface area (Å²) in [5.74, 6) is 0.777. The van der Waals surface area contributed by atoms with Crippen LogP contribution in [-0.2, 0) is 22.5 Å². The molecule has 1 aromatic heterocycles. The third-order valence-corrected chi connectivity index (χ3v) is 6.15. The molecule has 0 radical (unpaired) electrons. The minimum Gasteiger partial charge on any atom is -0.512 e. The molecule has 174 valence electrons. The zero-order chi connectivity index (χ0) is 24.7. The second-order valence-corrected chi connectivity index (χ2v) is 8.70. The van der Waals surface area contributed by atoms with E-state index in [1.165, 1.54) is 18.4 Å². The van der Waals surface area contributed by atoms with E-state index in [1.807, 2.05) is 48.5 Å². The number of aliphatic hydroxyl groups excluding tert-OH is 1. The van der Waals surface area contributed by atoms with E-state index in [2.05, 4.69) is 6.07 Å². The highest BCUT2D eigenvalue weighted by Crippen LogP contribution is 2.33. The van der Waals surface area contributed by atoms with Crippen LogP contribution in [0, 0.1) is 11.3 Å². The van der Waals surface area contributed by atoms with E-state index >= 15 is 0 Å². The topological polar surface area (TPSA) is 106 Å². The number of carbonyl (C=O) groups is 1. The van der Waals surface area contributed by atoms with Crippen LogP contribution in [0.25, 0.3) is 16.0 Å². The molecular weight excluding hydrogens is 448 g/mol. The van der Waals surface area contributed by atoms with Gasteiger partial charge in [-0.2, -0.15) is 5.26 Å². The van der Waals surface area contributed by atoms with Gasteiger partial charge in [0.25, 0.3) is 0 Å². The van der Waals surface area contributed by atoms with Crippen molar-refractivity contribution in [3.8, 4) is 22.3 Å². The Hall–Kier alpha value is -3.86. The highest BCUT2D eigenvalue weighted by molar-refractivity contribution is 7.16. The molecule has 0 saturated carbocycles. The summed E-state index contributed by atoms with van der Waals surface area (Å²) in [7, 11) is 1.34. The van der Waals surface area contributed by atoms with Crippen LogP contribution in [0.15, 0.2) is 72.2 Å². The zero-order valence-electron chi connectivity index (χ0n) is 19.3. The minimum absolute atomic E-state index is 0.0492. The van der Waals surface area contributed by atoms with Crippen LogP contribution in [0.5, 0.6) is 5.75 Å². The van der Waals surface area contributed by atoms with Crippen LogP contribution in [0.1, 0.15) is 35.4 Å². The molecule has 0 bridgehead atoms. The van der Waals surface area contributed by atoms with Gasteiger partial charge in [0.2, 0.25) is 0 Å². The Balaban J connectivity index is 1.99. The highest BCUT2D eigenvalue weighted by atomic mass is 32.1. The number of rotatable bonds is 8. The van der Waals surface area contributed by atoms with Crippen LogP contribution >= 0.6 is 11.3 Å². The van der Waals surface area contributed by atoms with E-state index in [1.54, 1.807) is 26.0 Å². The quantitative estimate of drug-likeness (QED) is 0.245. The summed E-state index contributed by atoms with van der Waals surface area (Å²) in [5.41, 5.74) is 9.67. The Labute approximate surface area is 203 Å². The van der Waals surface area contributed by atoms with Crippen molar-refractivity contribution in [3.63, 3.8) is 0 Å². The summed E-state index contributed by atoms with van der Waals surface area (Å²) in [5, 5.41) is 19.5. The number of ether oxygens (including phenoxy) is 2. The average Bonchev–Trinajstić information content (AvgIpc) is 3.32. The van der Waals surface area contributed by atoms with Crippen molar-refractivity contribution in [2.24, 2.45) is 5.73 Å². The number of thiophene rings is 1. The number of aliphatic hydroxyl groups is 1. The lowest BCUT2D eigenvalue weighted by Crippen LogP contribution is -2.06. The maximum atomic E-state index is 12.0. The van der Waals surface area contributed by atoms with Gasteiger partial charge < -0.3 is 20.3 Å². The second kappa shape index (κ2) is 11.3. The third kappa shape index (κ3) is 6.13. The molecule has 0 unspecified atom stereocenters. The van der Waals surface area contributed by atoms with E-state index in [-0.39, 0.29) is 18.1 Å². The first-order chi connectivity index (χ1) is 16.3. The Morgan fingerprint density at radius 3 is 2.62 bits per heavy atom. The van der Waals surface area contributed by atoms with E-state index < -0.39 is 0 Å². The van der Waals surface area contributed by atoms with Crippen molar-refractivity contribution >= 4 is 22.9 Å². The second-order valence-electron chi connectivity index (χ2n) is 7.61. The summed E-state index contributed by atoms with van der Waals surface area (Å²) in [4.78, 5) is 13.5. The van der Waals surface area contributed by atoms with Gasteiger partial charge in [-0.3, -0.25) is 4.79 Å². The van der Waals surface area contributed by atoms with Gasteiger partial charge in [-0.15, -0.1) is 11.3 Å². The molecular formula is C27H26N2O4S. The summed E-state index contributed by atoms with van der Waals surface area (Å²) in [6.45, 7) is 3.79. The number of allylic oxidation sites excluding steroid dienone is 4. The summed E-state index contributed by atoms with van der Waals surface area (Å²) < 4.78 is 11.0. The molecule has 0 amide bonds. The number of methoxy groups -OCH3 is 1. The predicted molar refractivity (Wildman–Crippen MR) is 134 cm³/mol. The number of hydrogen-bond donors (Lipinski definition) is 2. The van der Waals surface area contributed by atoms with Crippen molar-refractivity contribution in [2.45, 2.75) is 26.8 Å². The van der Waals surface area contributed by atoms with E-state index in [9.17, 15) is 9.90 Å². The number of carbonyl (C=O) groups excluding carboxylic acids is 1. The predicted octanol–water partition coefficient (Wildman–Crippen LogP) is 5.73. The van der Waals surface area contributed by atoms with Crippen LogP contribution in [0.3, 0.4) is 0 Å². The fraction of sp³-hybridized carbons (Fsp3) is 0.185. The van der Waals surface area contributed by atoms with Crippen molar-refractivity contribution in [2.75, 3.05) is 7.11 Å². The number of nitrogens with zero attached hydrogens (tertiary/aromatic N) is 1. The monoisotopic (exact) mass is 474 g/mol. The van der Waals surface area contributed by atoms with Gasteiger partial charge in [-0.05, 0) is 60.9 Å². The number of benzene rings is 2. The van der Waals surface area contributed by atoms with Crippen LogP contribution in [-0.4, -0.2) is 18.2 Å². The molecule has 3 aromatic rings. The van der Waals surface area contributed by atoms with Gasteiger partial charge in [0.05, 0.1) is 19.3 Å². The Bertz CT molecular complexity index is 1290. The summed E-state index contributed by atoms with van der Waals surface area (Å²) in [6.07, 6.45) is 1.80. The molecule has 34 heavy (non-hydrogen) atoms. The van der Waals surface area contributed by atoms with Gasteiger partial charge in [0, 0.05) is 22.6 Å². The first-order valence-electron chi connectivity index (χ1n) is 10.6. The van der Waals surface area contributed by atoms with Crippen molar-refractivity contribution < 1.29 is 19.4 Å². The zero-order valence-corrected chi connectivity index (χ0v) is 20.1. The Morgan fingerprint density at radius 2 is 1.97 bits per heavy atom. The van der Waals surface area contributed by atoms with Gasteiger partial charge in [-0.1, -0.05) is 30.3 Å². The Morgan fingerprint density at radius 1 is 1.18 bits per heavy atom. The number of hydrogen-bond acceptors (Lipinski definition) is 7. The molecule has 3 N–H and O–H groups in total. The van der Waals surface area contributed by atoms with Gasteiger partial charge >= 0.3 is 5.97 Å². The van der Waals surface area contributed by atoms with E-state index in [0.717, 1.165) is 21.6 Å². The van der Waals surface area contributed by atoms with Crippen LogP contribution in [0.4, 0.5) is 0 Å². The van der Waals surface area contributed by atoms with Gasteiger partial charge in [0.1, 0.15) is 22.5 Å². The normalized spacial score (nSPS) is 12.0. The average molecular weight is 475 g/mol. The minimum atomic E-state index is -0.382. The van der Waals surface area contributed by atoms with E-state index in [0.29, 0.717) is 34.1 Å². The molecule has 1 heterocycles. The highest BCUT2D eigenvalue weighted by Gasteiger charge is 2.14. The van der Waals surface area contributed by atoms with Crippen molar-refractivity contribution in [1.82, 2.24) is 0 Å². The maximum Gasteiger partial charge on any atom is 0.310 e. The van der Waals surface area contributed by atoms with Crippen molar-refractivity contribution in [1.29, 1.82) is 5.26 Å². The summed E-state index contributed by atoms with van der Waals surface area (Å²) in [6, 6.07) is 19.0. The molecule has 3 rings (SSSR count). The molecule has 7 heteroatoms. The van der Waals surface area contributed by atoms with Crippen molar-refractivity contribution in [3.05, 3.63) is 93.8 Å². The first-order valence-corrected chi connectivity index (χ1v) is 11.4. The first kappa shape index (κ1) is 24.8. The molecule has 0 atom stereocenters. The third-order valence-electron chi connectivity index (χ3n) is 5.11. The number of esters is 1. The molecule has 6 nitrogen and oxygen atoms in total. The lowest BCUT2D eigenvalue weighted by molar-refractivity contribution is -0.139. The molecule has 0 saturated heterocycles. The SMILES string of the molecule is COC(=O)Cc1ccc(-c2ccc(C#N)s2)cc1O/C(C)=C/C(=C(\C)O)c1cccc(CN)c1. The van der Waals surface area contributed by atoms with E-state index in [4.69, 9.17) is 20.5 Å². The van der Waals surface area contributed by atoms with Crippen LogP contribution in [0.2, 0.25) is 0 Å². The van der Waals surface area contributed by atoms with Crippen LogP contribution < -0.4 is 10.5 Å². The lowest BCUT2D eigenvalue weighted by Gasteiger charge is -2.14.